The van der Waals surface area contributed by atoms with Gasteiger partial charge in [0, 0.05) is 0 Å². The number of esters is 1. The first kappa shape index (κ1) is 9.82. The molecule has 0 aliphatic rings. The van der Waals surface area contributed by atoms with Crippen LogP contribution in [-0.2, 0) is 9.53 Å². The Morgan fingerprint density at radius 3 is 2.50 bits per heavy atom. The number of rotatable bonds is 4. The molecule has 0 unspecified atom stereocenters. The Morgan fingerprint density at radius 2 is 2.10 bits per heavy atom. The highest BCUT2D eigenvalue weighted by Crippen LogP contribution is 2.14. The Labute approximate surface area is 67.4 Å². The average molecular weight is 161 g/mol. The number of hydrogen-bond donors (Lipinski definition) is 1. The summed E-state index contributed by atoms with van der Waals surface area (Å²) in [4.78, 5) is 10.8. The number of hydrogen-bond acceptors (Lipinski definition) is 3. The van der Waals surface area contributed by atoms with E-state index in [9.17, 15) is 4.79 Å². The Kier molecular flexibility index (Phi) is 5.49. The summed E-state index contributed by atoms with van der Waals surface area (Å²) in [6.45, 7) is 4.20. The Bertz CT molecular complexity index is 104. The maximum Gasteiger partial charge on any atom is 0.323 e. The van der Waals surface area contributed by atoms with Crippen LogP contribution in [-0.4, -0.2) is 12.6 Å². The lowest BCUT2D eigenvalue weighted by atomic mass is 10.2. The minimum atomic E-state index is -0.285. The topological polar surface area (TPSA) is 26.3 Å². The molecule has 0 amide bonds. The van der Waals surface area contributed by atoms with Crippen LogP contribution >= 0.6 is 12.6 Å². The van der Waals surface area contributed by atoms with Gasteiger partial charge in [0.25, 0.3) is 0 Å². The fourth-order valence-electron chi connectivity index (χ4n) is 0.553. The molecule has 0 aliphatic carbocycles. The summed E-state index contributed by atoms with van der Waals surface area (Å²) >= 11 is 3.98. The lowest BCUT2D eigenvalue weighted by Crippen LogP contribution is -2.10. The van der Waals surface area contributed by atoms with Gasteiger partial charge in [0.2, 0.25) is 0 Å². The second kappa shape index (κ2) is 5.59. The van der Waals surface area contributed by atoms with Crippen LogP contribution in [0.1, 0.15) is 26.7 Å². The van der Waals surface area contributed by atoms with Crippen LogP contribution in [0.5, 0.6) is 0 Å². The fourth-order valence-corrected chi connectivity index (χ4v) is 0.841. The van der Waals surface area contributed by atoms with Crippen molar-refractivity contribution < 1.29 is 9.53 Å². The molecule has 0 rings (SSSR count). The van der Waals surface area contributed by atoms with Crippen LogP contribution < -0.4 is 0 Å². The van der Waals surface area contributed by atoms with Crippen LogP contribution in [0.4, 0.5) is 0 Å². The van der Waals surface area contributed by atoms with Crippen molar-refractivity contribution in [1.29, 1.82) is 0 Å². The van der Waals surface area contributed by atoms with Gasteiger partial charge >= 0.3 is 5.97 Å². The molecule has 10 heavy (non-hydrogen) atoms. The van der Waals surface area contributed by atoms with Gasteiger partial charge in [0.15, 0.2) is 0 Å². The van der Waals surface area contributed by atoms with Crippen molar-refractivity contribution in [2.75, 3.05) is 6.61 Å². The molecule has 0 fully saturated rings. The fraction of sp³-hybridized carbons (Fsp3) is 0.714. The van der Waals surface area contributed by atoms with Crippen LogP contribution in [0.15, 0.2) is 0 Å². The van der Waals surface area contributed by atoms with Crippen molar-refractivity contribution in [3.63, 3.8) is 0 Å². The largest absolute Gasteiger partial charge is 0.465 e. The maximum atomic E-state index is 10.8. The monoisotopic (exact) mass is 161 g/mol. The molecule has 1 radical (unpaired) electrons. The quantitative estimate of drug-likeness (QED) is 0.502. The molecule has 0 aliphatic heterocycles. The molecule has 0 aromatic heterocycles. The SMILES string of the molecule is CCC[C](S)C(=O)OCC. The standard InChI is InChI=1S/C7H13O2S/c1-3-5-6(10)7(8)9-4-2/h10H,3-5H2,1-2H3. The molecular weight excluding hydrogens is 148 g/mol. The molecule has 59 valence electrons. The van der Waals surface area contributed by atoms with Crippen molar-refractivity contribution in [3.05, 3.63) is 5.25 Å². The van der Waals surface area contributed by atoms with E-state index >= 15 is 0 Å². The van der Waals surface area contributed by atoms with Gasteiger partial charge in [-0.2, -0.15) is 12.6 Å². The first-order valence-corrected chi connectivity index (χ1v) is 3.89. The van der Waals surface area contributed by atoms with Gasteiger partial charge in [-0.1, -0.05) is 13.3 Å². The molecule has 0 heterocycles. The Morgan fingerprint density at radius 1 is 1.50 bits per heavy atom. The van der Waals surface area contributed by atoms with Gasteiger partial charge in [-0.3, -0.25) is 4.79 Å². The molecule has 0 spiro atoms. The molecule has 0 saturated carbocycles. The van der Waals surface area contributed by atoms with E-state index in [4.69, 9.17) is 4.74 Å². The van der Waals surface area contributed by atoms with Crippen LogP contribution in [0.3, 0.4) is 0 Å². The summed E-state index contributed by atoms with van der Waals surface area (Å²) < 4.78 is 4.70. The summed E-state index contributed by atoms with van der Waals surface area (Å²) in [7, 11) is 0. The van der Waals surface area contributed by atoms with E-state index in [1.165, 1.54) is 0 Å². The maximum absolute atomic E-state index is 10.8. The molecule has 0 aromatic carbocycles. The van der Waals surface area contributed by atoms with E-state index in [0.717, 1.165) is 6.42 Å². The molecule has 0 bridgehead atoms. The Balaban J connectivity index is 3.49. The summed E-state index contributed by atoms with van der Waals surface area (Å²) in [5.74, 6) is -0.285. The van der Waals surface area contributed by atoms with Crippen molar-refractivity contribution in [1.82, 2.24) is 0 Å². The van der Waals surface area contributed by atoms with Gasteiger partial charge < -0.3 is 4.74 Å². The summed E-state index contributed by atoms with van der Waals surface area (Å²) in [5.41, 5.74) is 0. The zero-order chi connectivity index (χ0) is 7.98. The van der Waals surface area contributed by atoms with Crippen LogP contribution in [0.25, 0.3) is 0 Å². The first-order valence-electron chi connectivity index (χ1n) is 3.44. The molecule has 0 N–H and O–H groups in total. The highest BCUT2D eigenvalue weighted by molar-refractivity contribution is 7.84. The normalized spacial score (nSPS) is 10.0. The zero-order valence-electron chi connectivity index (χ0n) is 6.39. The van der Waals surface area contributed by atoms with Crippen molar-refractivity contribution in [2.45, 2.75) is 26.7 Å². The van der Waals surface area contributed by atoms with Gasteiger partial charge in [-0.05, 0) is 13.3 Å². The van der Waals surface area contributed by atoms with Crippen molar-refractivity contribution >= 4 is 18.6 Å². The first-order chi connectivity index (χ1) is 4.72. The third-order valence-corrected chi connectivity index (χ3v) is 1.40. The van der Waals surface area contributed by atoms with Crippen molar-refractivity contribution in [2.24, 2.45) is 0 Å². The lowest BCUT2D eigenvalue weighted by Gasteiger charge is -2.05. The molecule has 3 heteroatoms. The Hall–Kier alpha value is -0.180. The van der Waals surface area contributed by atoms with Crippen LogP contribution in [0, 0.1) is 5.25 Å². The summed E-state index contributed by atoms with van der Waals surface area (Å²) in [6, 6.07) is 0. The molecule has 0 atom stereocenters. The highest BCUT2D eigenvalue weighted by Gasteiger charge is 2.13. The smallest absolute Gasteiger partial charge is 0.323 e. The predicted octanol–water partition coefficient (Wildman–Crippen LogP) is 1.81. The second-order valence-corrected chi connectivity index (χ2v) is 2.46. The number of ether oxygens (including phenoxy) is 1. The van der Waals surface area contributed by atoms with E-state index in [0.29, 0.717) is 18.3 Å². The number of carbonyl (C=O) groups excluding carboxylic acids is 1. The predicted molar refractivity (Wildman–Crippen MR) is 43.8 cm³/mol. The number of carbonyl (C=O) groups is 1. The summed E-state index contributed by atoms with van der Waals surface area (Å²) in [6.07, 6.45) is 1.64. The minimum Gasteiger partial charge on any atom is -0.465 e. The van der Waals surface area contributed by atoms with Crippen LogP contribution in [0.2, 0.25) is 0 Å². The zero-order valence-corrected chi connectivity index (χ0v) is 7.28. The molecular formula is C7H13O2S. The van der Waals surface area contributed by atoms with E-state index in [-0.39, 0.29) is 5.97 Å². The second-order valence-electron chi connectivity index (χ2n) is 1.92. The summed E-state index contributed by atoms with van der Waals surface area (Å²) in [5, 5.41) is 0.518. The minimum absolute atomic E-state index is 0.285. The molecule has 0 saturated heterocycles. The van der Waals surface area contributed by atoms with E-state index in [1.807, 2.05) is 6.92 Å². The molecule has 2 nitrogen and oxygen atoms in total. The number of thiol groups is 1. The van der Waals surface area contributed by atoms with Crippen molar-refractivity contribution in [3.8, 4) is 0 Å². The third-order valence-electron chi connectivity index (χ3n) is 0.998. The van der Waals surface area contributed by atoms with Gasteiger partial charge in [-0.25, -0.2) is 0 Å². The van der Waals surface area contributed by atoms with E-state index in [2.05, 4.69) is 12.6 Å². The van der Waals surface area contributed by atoms with E-state index < -0.39 is 0 Å². The highest BCUT2D eigenvalue weighted by atomic mass is 32.1. The van der Waals surface area contributed by atoms with Gasteiger partial charge in [0.05, 0.1) is 6.61 Å². The van der Waals surface area contributed by atoms with Gasteiger partial charge in [-0.15, -0.1) is 0 Å². The third kappa shape index (κ3) is 3.77. The van der Waals surface area contributed by atoms with Gasteiger partial charge in [0.1, 0.15) is 5.25 Å². The average Bonchev–Trinajstić information content (AvgIpc) is 1.89. The lowest BCUT2D eigenvalue weighted by molar-refractivity contribution is -0.139. The molecule has 0 aromatic rings. The van der Waals surface area contributed by atoms with E-state index in [1.54, 1.807) is 6.92 Å².